The Kier molecular flexibility index (Phi) is 7.36. The number of aryl methyl sites for hydroxylation is 1. The number of benzene rings is 2. The minimum atomic E-state index is -1.16. The number of hydrogen-bond donors (Lipinski definition) is 1. The summed E-state index contributed by atoms with van der Waals surface area (Å²) in [5, 5.41) is 9.99. The van der Waals surface area contributed by atoms with Crippen LogP contribution < -0.4 is 4.90 Å². The van der Waals surface area contributed by atoms with Gasteiger partial charge in [0.1, 0.15) is 6.04 Å². The fourth-order valence-electron chi connectivity index (χ4n) is 4.16. The zero-order chi connectivity index (χ0) is 24.9. The quantitative estimate of drug-likeness (QED) is 0.563. The molecule has 2 aromatic carbocycles. The highest BCUT2D eigenvalue weighted by Crippen LogP contribution is 2.28. The molecule has 1 fully saturated rings. The van der Waals surface area contributed by atoms with E-state index in [1.165, 1.54) is 19.6 Å². The van der Waals surface area contributed by atoms with Gasteiger partial charge >= 0.3 is 18.0 Å². The van der Waals surface area contributed by atoms with Crippen LogP contribution in [0.1, 0.15) is 9.75 Å². The summed E-state index contributed by atoms with van der Waals surface area (Å²) >= 11 is 1.62. The number of nitrogens with zero attached hydrogens (tertiary/aromatic N) is 4. The first-order valence-electron chi connectivity index (χ1n) is 11.3. The van der Waals surface area contributed by atoms with Crippen molar-refractivity contribution in [3.8, 4) is 0 Å². The topological polar surface area (TPSA) is 84.4 Å². The first-order chi connectivity index (χ1) is 16.8. The molecule has 9 heteroatoms. The second-order valence-corrected chi connectivity index (χ2v) is 9.81. The summed E-state index contributed by atoms with van der Waals surface area (Å²) in [6.45, 7) is 2.75. The minimum absolute atomic E-state index is 0.0782. The number of carboxylic acids is 1. The van der Waals surface area contributed by atoms with Crippen LogP contribution in [0.15, 0.2) is 72.8 Å². The van der Waals surface area contributed by atoms with Gasteiger partial charge < -0.3 is 19.8 Å². The van der Waals surface area contributed by atoms with Crippen LogP contribution in [0.5, 0.6) is 0 Å². The smallest absolute Gasteiger partial charge is 0.329 e. The maximum Gasteiger partial charge on any atom is 0.329 e. The van der Waals surface area contributed by atoms with Crippen LogP contribution in [0, 0.1) is 6.92 Å². The van der Waals surface area contributed by atoms with Gasteiger partial charge in [0.15, 0.2) is 0 Å². The third-order valence-corrected chi connectivity index (χ3v) is 6.90. The number of carbonyl (C=O) groups excluding carboxylic acids is 2. The predicted octanol–water partition coefficient (Wildman–Crippen LogP) is 4.64. The molecule has 0 bridgehead atoms. The molecule has 35 heavy (non-hydrogen) atoms. The molecule has 1 atom stereocenters. The van der Waals surface area contributed by atoms with E-state index in [0.29, 0.717) is 17.9 Å². The number of anilines is 2. The number of hydrogen-bond acceptors (Lipinski definition) is 4. The Morgan fingerprint density at radius 2 is 1.51 bits per heavy atom. The maximum atomic E-state index is 13.7. The van der Waals surface area contributed by atoms with E-state index < -0.39 is 18.0 Å². The number of piperazine rings is 1. The van der Waals surface area contributed by atoms with E-state index in [2.05, 4.69) is 0 Å². The van der Waals surface area contributed by atoms with Crippen LogP contribution in [0.4, 0.5) is 21.0 Å². The molecule has 1 N–H and O–H groups in total. The Bertz CT molecular complexity index is 1140. The minimum Gasteiger partial charge on any atom is -0.480 e. The van der Waals surface area contributed by atoms with Crippen LogP contribution >= 0.6 is 11.3 Å². The Hall–Kier alpha value is -3.85. The van der Waals surface area contributed by atoms with Gasteiger partial charge in [-0.2, -0.15) is 0 Å². The fraction of sp³-hybridized carbons (Fsp3) is 0.269. The number of amides is 4. The molecule has 8 nitrogen and oxygen atoms in total. The molecule has 182 valence electrons. The molecule has 4 amide bonds. The number of carbonyl (C=O) groups is 3. The van der Waals surface area contributed by atoms with Crippen molar-refractivity contribution in [3.05, 3.63) is 82.6 Å². The third kappa shape index (κ3) is 5.46. The molecule has 1 aliphatic rings. The highest BCUT2D eigenvalue weighted by molar-refractivity contribution is 7.11. The lowest BCUT2D eigenvalue weighted by Gasteiger charge is -2.42. The molecule has 4 rings (SSSR count). The first-order valence-corrected chi connectivity index (χ1v) is 12.2. The van der Waals surface area contributed by atoms with Gasteiger partial charge in [0.25, 0.3) is 0 Å². The second kappa shape index (κ2) is 10.6. The largest absolute Gasteiger partial charge is 0.480 e. The van der Waals surface area contributed by atoms with Crippen molar-refractivity contribution in [2.45, 2.75) is 19.5 Å². The van der Waals surface area contributed by atoms with Crippen LogP contribution in [0.2, 0.25) is 0 Å². The van der Waals surface area contributed by atoms with Crippen LogP contribution in [0.25, 0.3) is 0 Å². The molecule has 0 saturated carbocycles. The summed E-state index contributed by atoms with van der Waals surface area (Å²) in [7, 11) is 1.71. The summed E-state index contributed by atoms with van der Waals surface area (Å²) in [5.41, 5.74) is 1.27. The van der Waals surface area contributed by atoms with Gasteiger partial charge in [0.2, 0.25) is 0 Å². The lowest BCUT2D eigenvalue weighted by atomic mass is 10.1. The highest BCUT2D eigenvalue weighted by atomic mass is 32.1. The standard InChI is InChI=1S/C26H28N4O4S/c1-19-13-14-22(35-19)17-27(2)25(33)28-15-16-29(23(18-28)24(31)32)26(34)30(20-9-5-3-6-10-20)21-11-7-4-8-12-21/h3-14,23H,15-18H2,1-2H3,(H,31,32)/t23-/m0/s1. The number of carboxylic acid groups (broad SMARTS) is 1. The molecule has 0 radical (unpaired) electrons. The lowest BCUT2D eigenvalue weighted by Crippen LogP contribution is -2.62. The summed E-state index contributed by atoms with van der Waals surface area (Å²) in [5.74, 6) is -1.14. The van der Waals surface area contributed by atoms with Crippen molar-refractivity contribution in [3.63, 3.8) is 0 Å². The highest BCUT2D eigenvalue weighted by Gasteiger charge is 2.40. The molecule has 2 heterocycles. The van der Waals surface area contributed by atoms with E-state index in [1.807, 2.05) is 79.7 Å². The number of thiophene rings is 1. The summed E-state index contributed by atoms with van der Waals surface area (Å²) < 4.78 is 0. The van der Waals surface area contributed by atoms with Crippen LogP contribution in [-0.4, -0.2) is 70.6 Å². The molecule has 0 aliphatic carbocycles. The van der Waals surface area contributed by atoms with Gasteiger partial charge in [-0.25, -0.2) is 14.4 Å². The Balaban J connectivity index is 1.53. The molecular weight excluding hydrogens is 464 g/mol. The SMILES string of the molecule is Cc1ccc(CN(C)C(=O)N2CCN(C(=O)N(c3ccccc3)c3ccccc3)[C@H](C(=O)O)C2)s1. The second-order valence-electron chi connectivity index (χ2n) is 8.43. The molecule has 1 aliphatic heterocycles. The van der Waals surface area contributed by atoms with Gasteiger partial charge in [-0.1, -0.05) is 36.4 Å². The van der Waals surface area contributed by atoms with E-state index in [9.17, 15) is 19.5 Å². The average Bonchev–Trinajstić information content (AvgIpc) is 3.28. The zero-order valence-electron chi connectivity index (χ0n) is 19.7. The van der Waals surface area contributed by atoms with Gasteiger partial charge in [0, 0.05) is 29.9 Å². The zero-order valence-corrected chi connectivity index (χ0v) is 20.5. The van der Waals surface area contributed by atoms with Gasteiger partial charge in [0.05, 0.1) is 24.5 Å². The van der Waals surface area contributed by atoms with Crippen molar-refractivity contribution in [2.24, 2.45) is 0 Å². The summed E-state index contributed by atoms with van der Waals surface area (Å²) in [4.78, 5) is 47.2. The Morgan fingerprint density at radius 3 is 2.03 bits per heavy atom. The maximum absolute atomic E-state index is 13.7. The van der Waals surface area contributed by atoms with Crippen molar-refractivity contribution in [1.82, 2.24) is 14.7 Å². The predicted molar refractivity (Wildman–Crippen MR) is 136 cm³/mol. The number of urea groups is 2. The normalized spacial score (nSPS) is 15.5. The Labute approximate surface area is 208 Å². The van der Waals surface area contributed by atoms with E-state index in [1.54, 1.807) is 23.3 Å². The average molecular weight is 493 g/mol. The summed E-state index contributed by atoms with van der Waals surface area (Å²) in [6.07, 6.45) is 0. The van der Waals surface area contributed by atoms with E-state index in [4.69, 9.17) is 0 Å². The number of para-hydroxylation sites is 2. The van der Waals surface area contributed by atoms with E-state index in [-0.39, 0.29) is 25.7 Å². The van der Waals surface area contributed by atoms with Crippen molar-refractivity contribution in [2.75, 3.05) is 31.6 Å². The van der Waals surface area contributed by atoms with E-state index in [0.717, 1.165) is 4.88 Å². The molecule has 3 aromatic rings. The van der Waals surface area contributed by atoms with Crippen molar-refractivity contribution < 1.29 is 19.5 Å². The lowest BCUT2D eigenvalue weighted by molar-refractivity contribution is -0.143. The van der Waals surface area contributed by atoms with Crippen LogP contribution in [0.3, 0.4) is 0 Å². The van der Waals surface area contributed by atoms with Crippen LogP contribution in [-0.2, 0) is 11.3 Å². The molecule has 0 spiro atoms. The third-order valence-electron chi connectivity index (χ3n) is 5.92. The number of rotatable bonds is 5. The summed E-state index contributed by atoms with van der Waals surface area (Å²) in [6, 6.07) is 20.4. The van der Waals surface area contributed by atoms with E-state index >= 15 is 0 Å². The molecule has 1 saturated heterocycles. The molecule has 0 unspecified atom stereocenters. The molecular formula is C26H28N4O4S. The monoisotopic (exact) mass is 492 g/mol. The van der Waals surface area contributed by atoms with Gasteiger partial charge in [-0.15, -0.1) is 11.3 Å². The van der Waals surface area contributed by atoms with Gasteiger partial charge in [-0.3, -0.25) is 4.90 Å². The fourth-order valence-corrected chi connectivity index (χ4v) is 5.11. The molecule has 1 aromatic heterocycles. The first kappa shape index (κ1) is 24.3. The van der Waals surface area contributed by atoms with Gasteiger partial charge in [-0.05, 0) is 43.3 Å². The van der Waals surface area contributed by atoms with Crippen molar-refractivity contribution >= 4 is 40.7 Å². The van der Waals surface area contributed by atoms with Crippen molar-refractivity contribution in [1.29, 1.82) is 0 Å². The number of aliphatic carboxylic acids is 1. The Morgan fingerprint density at radius 1 is 0.914 bits per heavy atom.